The Hall–Kier alpha value is -4.37. The van der Waals surface area contributed by atoms with E-state index in [9.17, 15) is 14.3 Å². The maximum Gasteiger partial charge on any atom is 0.261 e. The van der Waals surface area contributed by atoms with Crippen molar-refractivity contribution in [3.05, 3.63) is 101 Å². The van der Waals surface area contributed by atoms with Crippen molar-refractivity contribution in [3.63, 3.8) is 0 Å². The van der Waals surface area contributed by atoms with Gasteiger partial charge in [0.25, 0.3) is 5.91 Å². The molecule has 0 radical (unpaired) electrons. The molecule has 0 bridgehead atoms. The maximum atomic E-state index is 13.3. The zero-order valence-electron chi connectivity index (χ0n) is 18.9. The first kappa shape index (κ1) is 23.4. The highest BCUT2D eigenvalue weighted by molar-refractivity contribution is 9.10. The smallest absolute Gasteiger partial charge is 0.261 e. The van der Waals surface area contributed by atoms with Gasteiger partial charge in [-0.25, -0.2) is 9.37 Å². The molecule has 0 spiro atoms. The summed E-state index contributed by atoms with van der Waals surface area (Å²) in [5.74, 6) is -0.0641. The molecule has 0 unspecified atom stereocenters. The number of benzene rings is 2. The molecule has 0 aliphatic heterocycles. The van der Waals surface area contributed by atoms with E-state index < -0.39 is 11.7 Å². The van der Waals surface area contributed by atoms with Crippen LogP contribution in [0.4, 0.5) is 10.1 Å². The lowest BCUT2D eigenvalue weighted by Gasteiger charge is -2.13. The molecule has 1 amide bonds. The second-order valence-electron chi connectivity index (χ2n) is 7.90. The maximum absolute atomic E-state index is 13.3. The van der Waals surface area contributed by atoms with Gasteiger partial charge >= 0.3 is 0 Å². The average Bonchev–Trinajstić information content (AvgIpc) is 2.86. The van der Waals surface area contributed by atoms with Crippen LogP contribution >= 0.6 is 15.9 Å². The first-order valence-corrected chi connectivity index (χ1v) is 11.6. The highest BCUT2D eigenvalue weighted by atomic mass is 79.9. The van der Waals surface area contributed by atoms with Gasteiger partial charge in [-0.3, -0.25) is 14.8 Å². The van der Waals surface area contributed by atoms with Crippen molar-refractivity contribution < 1.29 is 19.0 Å². The third kappa shape index (κ3) is 4.73. The van der Waals surface area contributed by atoms with Crippen molar-refractivity contribution in [2.24, 2.45) is 0 Å². The van der Waals surface area contributed by atoms with Gasteiger partial charge in [-0.2, -0.15) is 0 Å². The minimum atomic E-state index is -0.535. The summed E-state index contributed by atoms with van der Waals surface area (Å²) in [4.78, 5) is 25.8. The molecule has 0 atom stereocenters. The number of nitrogens with one attached hydrogen (secondary N) is 1. The number of ether oxygens (including phenoxy) is 1. The molecule has 3 heterocycles. The highest BCUT2D eigenvalue weighted by Gasteiger charge is 2.19. The van der Waals surface area contributed by atoms with Crippen LogP contribution in [0.25, 0.3) is 22.2 Å². The Bertz CT molecular complexity index is 1590. The zero-order chi connectivity index (χ0) is 25.2. The molecule has 3 aromatic heterocycles. The fourth-order valence-electron chi connectivity index (χ4n) is 3.72. The molecular weight excluding hydrogens is 527 g/mol. The Labute approximate surface area is 213 Å². The van der Waals surface area contributed by atoms with Gasteiger partial charge in [0.05, 0.1) is 5.52 Å². The second-order valence-corrected chi connectivity index (χ2v) is 8.81. The second kappa shape index (κ2) is 9.71. The first-order valence-electron chi connectivity index (χ1n) is 10.8. The lowest BCUT2D eigenvalue weighted by Crippen LogP contribution is -2.13. The van der Waals surface area contributed by atoms with Crippen molar-refractivity contribution in [3.8, 4) is 28.4 Å². The SMILES string of the molecule is Cc1ncc(C(=O)Nc2ccc(Oc3ccnc4cc(Br)cnc34)cc2)c(O)c1-c1ccc(F)cc1. The minimum Gasteiger partial charge on any atom is -0.506 e. The van der Waals surface area contributed by atoms with Crippen LogP contribution in [0, 0.1) is 12.7 Å². The molecule has 178 valence electrons. The molecule has 7 nitrogen and oxygen atoms in total. The largest absolute Gasteiger partial charge is 0.506 e. The molecule has 2 aromatic carbocycles. The lowest BCUT2D eigenvalue weighted by atomic mass is 10.0. The fraction of sp³-hybridized carbons (Fsp3) is 0.0370. The predicted molar refractivity (Wildman–Crippen MR) is 138 cm³/mol. The quantitative estimate of drug-likeness (QED) is 0.257. The van der Waals surface area contributed by atoms with Crippen LogP contribution in [0.3, 0.4) is 0 Å². The Morgan fingerprint density at radius 2 is 1.75 bits per heavy atom. The number of fused-ring (bicyclic) bond motifs is 1. The number of aryl methyl sites for hydroxylation is 1. The fourth-order valence-corrected chi connectivity index (χ4v) is 4.04. The zero-order valence-corrected chi connectivity index (χ0v) is 20.5. The standard InChI is InChI=1S/C27H18BrFN4O3/c1-15-24(16-2-4-18(29)5-3-16)26(34)21(14-31-15)27(35)33-19-6-8-20(9-7-19)36-23-10-11-30-22-12-17(28)13-32-25(22)23/h2-14H,1H3,(H,31,34)(H,33,35). The van der Waals surface area contributed by atoms with Crippen molar-refractivity contribution in [1.82, 2.24) is 15.0 Å². The van der Waals surface area contributed by atoms with E-state index in [-0.39, 0.29) is 11.3 Å². The highest BCUT2D eigenvalue weighted by Crippen LogP contribution is 2.35. The van der Waals surface area contributed by atoms with E-state index in [2.05, 4.69) is 36.2 Å². The number of halogens is 2. The summed E-state index contributed by atoms with van der Waals surface area (Å²) in [6.07, 6.45) is 4.62. The van der Waals surface area contributed by atoms with Crippen molar-refractivity contribution >= 4 is 38.6 Å². The number of aromatic hydroxyl groups is 1. The van der Waals surface area contributed by atoms with E-state index in [0.717, 1.165) is 4.47 Å². The van der Waals surface area contributed by atoms with Gasteiger partial charge in [-0.05, 0) is 70.9 Å². The normalized spacial score (nSPS) is 10.9. The third-order valence-electron chi connectivity index (χ3n) is 5.47. The Morgan fingerprint density at radius 3 is 2.50 bits per heavy atom. The summed E-state index contributed by atoms with van der Waals surface area (Å²) in [5.41, 5.74) is 3.26. The van der Waals surface area contributed by atoms with E-state index in [1.54, 1.807) is 49.6 Å². The molecule has 36 heavy (non-hydrogen) atoms. The van der Waals surface area contributed by atoms with Crippen LogP contribution in [0.15, 0.2) is 83.7 Å². The average molecular weight is 545 g/mol. The van der Waals surface area contributed by atoms with Crippen LogP contribution in [0.5, 0.6) is 17.2 Å². The van der Waals surface area contributed by atoms with Gasteiger partial charge in [0, 0.05) is 46.1 Å². The Balaban J connectivity index is 1.35. The number of pyridine rings is 3. The Morgan fingerprint density at radius 1 is 1.00 bits per heavy atom. The summed E-state index contributed by atoms with van der Waals surface area (Å²) in [6, 6.07) is 16.0. The van der Waals surface area contributed by atoms with Gasteiger partial charge in [0.15, 0.2) is 5.75 Å². The van der Waals surface area contributed by atoms with Crippen LogP contribution in [0.2, 0.25) is 0 Å². The van der Waals surface area contributed by atoms with Gasteiger partial charge in [-0.1, -0.05) is 12.1 Å². The molecule has 0 aliphatic rings. The van der Waals surface area contributed by atoms with E-state index in [1.807, 2.05) is 6.07 Å². The lowest BCUT2D eigenvalue weighted by molar-refractivity contribution is 0.102. The molecule has 9 heteroatoms. The molecule has 0 fully saturated rings. The summed E-state index contributed by atoms with van der Waals surface area (Å²) < 4.78 is 20.1. The molecule has 2 N–H and O–H groups in total. The van der Waals surface area contributed by atoms with Gasteiger partial charge < -0.3 is 15.2 Å². The summed E-state index contributed by atoms with van der Waals surface area (Å²) in [7, 11) is 0. The predicted octanol–water partition coefficient (Wildman–Crippen LogP) is 6.65. The van der Waals surface area contributed by atoms with Gasteiger partial charge in [0.2, 0.25) is 0 Å². The van der Waals surface area contributed by atoms with Crippen LogP contribution in [-0.2, 0) is 0 Å². The molecular formula is C27H18BrFN4O3. The van der Waals surface area contributed by atoms with E-state index in [4.69, 9.17) is 4.74 Å². The van der Waals surface area contributed by atoms with Crippen molar-refractivity contribution in [2.75, 3.05) is 5.32 Å². The number of rotatable bonds is 5. The van der Waals surface area contributed by atoms with E-state index in [1.165, 1.54) is 30.5 Å². The molecule has 5 rings (SSSR count). The number of hydrogen-bond acceptors (Lipinski definition) is 6. The number of nitrogens with zero attached hydrogens (tertiary/aromatic N) is 3. The van der Waals surface area contributed by atoms with Crippen LogP contribution in [0.1, 0.15) is 16.1 Å². The number of carbonyl (C=O) groups excluding carboxylic acids is 1. The first-order chi connectivity index (χ1) is 17.4. The number of amides is 1. The van der Waals surface area contributed by atoms with Gasteiger partial charge in [-0.15, -0.1) is 0 Å². The summed E-state index contributed by atoms with van der Waals surface area (Å²) in [6.45, 7) is 1.71. The molecule has 0 aliphatic carbocycles. The third-order valence-corrected chi connectivity index (χ3v) is 5.90. The van der Waals surface area contributed by atoms with E-state index in [0.29, 0.717) is 45.0 Å². The van der Waals surface area contributed by atoms with Crippen molar-refractivity contribution in [2.45, 2.75) is 6.92 Å². The van der Waals surface area contributed by atoms with Gasteiger partial charge in [0.1, 0.15) is 28.4 Å². The molecule has 0 saturated heterocycles. The monoisotopic (exact) mass is 544 g/mol. The minimum absolute atomic E-state index is 0.000687. The summed E-state index contributed by atoms with van der Waals surface area (Å²) in [5, 5.41) is 13.6. The topological polar surface area (TPSA) is 97.2 Å². The summed E-state index contributed by atoms with van der Waals surface area (Å²) >= 11 is 3.38. The number of hydrogen-bond donors (Lipinski definition) is 2. The van der Waals surface area contributed by atoms with Crippen molar-refractivity contribution in [1.29, 1.82) is 0 Å². The van der Waals surface area contributed by atoms with Crippen LogP contribution in [-0.4, -0.2) is 26.0 Å². The number of anilines is 1. The molecule has 5 aromatic rings. The Kier molecular flexibility index (Phi) is 6.30. The van der Waals surface area contributed by atoms with E-state index >= 15 is 0 Å². The number of carbonyl (C=O) groups is 1. The number of aromatic nitrogens is 3. The molecule has 0 saturated carbocycles. The van der Waals surface area contributed by atoms with Crippen LogP contribution < -0.4 is 10.1 Å².